The van der Waals surface area contributed by atoms with Crippen LogP contribution in [0.2, 0.25) is 5.02 Å². The van der Waals surface area contributed by atoms with Gasteiger partial charge in [-0.15, -0.1) is 0 Å². The molecule has 0 aliphatic carbocycles. The van der Waals surface area contributed by atoms with Crippen LogP contribution in [0.3, 0.4) is 0 Å². The van der Waals surface area contributed by atoms with Gasteiger partial charge in [0.15, 0.2) is 0 Å². The Balaban J connectivity index is 2.32. The van der Waals surface area contributed by atoms with Crippen LogP contribution in [0.25, 0.3) is 0 Å². The average molecular weight is 201 g/mol. The van der Waals surface area contributed by atoms with Crippen molar-refractivity contribution in [2.75, 3.05) is 13.2 Å². The van der Waals surface area contributed by atoms with Crippen LogP contribution < -0.4 is 5.73 Å². The van der Waals surface area contributed by atoms with Gasteiger partial charge in [-0.1, -0.05) is 11.6 Å². The molecule has 0 radical (unpaired) electrons. The van der Waals surface area contributed by atoms with Crippen LogP contribution in [-0.4, -0.2) is 18.1 Å². The zero-order chi connectivity index (χ0) is 9.52. The molecule has 0 aromatic carbocycles. The topological polar surface area (TPSA) is 48.1 Å². The molecule has 1 aromatic rings. The fraction of sp³-hybridized carbons (Fsp3) is 0.444. The van der Waals surface area contributed by atoms with Crippen LogP contribution in [0.15, 0.2) is 18.5 Å². The molecule has 3 nitrogen and oxygen atoms in total. The highest BCUT2D eigenvalue weighted by atomic mass is 35.5. The quantitative estimate of drug-likeness (QED) is 0.735. The first-order chi connectivity index (χ1) is 6.34. The Morgan fingerprint density at radius 2 is 2.38 bits per heavy atom. The SMILES string of the molecule is NCCCOCc1ccncc1Cl. The molecule has 0 bridgehead atoms. The third-order valence-corrected chi connectivity index (χ3v) is 1.95. The smallest absolute Gasteiger partial charge is 0.0732 e. The summed E-state index contributed by atoms with van der Waals surface area (Å²) < 4.78 is 5.35. The first-order valence-electron chi connectivity index (χ1n) is 4.21. The van der Waals surface area contributed by atoms with Gasteiger partial charge in [-0.2, -0.15) is 0 Å². The third-order valence-electron chi connectivity index (χ3n) is 1.61. The zero-order valence-corrected chi connectivity index (χ0v) is 8.13. The molecule has 1 rings (SSSR count). The monoisotopic (exact) mass is 200 g/mol. The maximum atomic E-state index is 5.87. The molecule has 1 heterocycles. The molecule has 0 amide bonds. The van der Waals surface area contributed by atoms with E-state index in [0.29, 0.717) is 24.8 Å². The van der Waals surface area contributed by atoms with E-state index in [1.165, 1.54) is 0 Å². The number of halogens is 1. The lowest BCUT2D eigenvalue weighted by Crippen LogP contribution is -2.04. The Morgan fingerprint density at radius 3 is 3.08 bits per heavy atom. The number of aromatic nitrogens is 1. The summed E-state index contributed by atoms with van der Waals surface area (Å²) in [5.41, 5.74) is 6.29. The lowest BCUT2D eigenvalue weighted by molar-refractivity contribution is 0.120. The standard InChI is InChI=1S/C9H13ClN2O/c10-9-6-12-4-2-8(9)7-13-5-1-3-11/h2,4,6H,1,3,5,7,11H2. The molecule has 1 aromatic heterocycles. The van der Waals surface area contributed by atoms with E-state index in [-0.39, 0.29) is 0 Å². The van der Waals surface area contributed by atoms with Crippen molar-refractivity contribution in [2.45, 2.75) is 13.0 Å². The van der Waals surface area contributed by atoms with Crippen molar-refractivity contribution < 1.29 is 4.74 Å². The Morgan fingerprint density at radius 1 is 1.54 bits per heavy atom. The van der Waals surface area contributed by atoms with Crippen molar-refractivity contribution in [3.05, 3.63) is 29.0 Å². The molecule has 2 N–H and O–H groups in total. The Hall–Kier alpha value is -0.640. The Bertz CT molecular complexity index is 255. The van der Waals surface area contributed by atoms with E-state index < -0.39 is 0 Å². The van der Waals surface area contributed by atoms with Crippen molar-refractivity contribution in [1.82, 2.24) is 4.98 Å². The van der Waals surface area contributed by atoms with Gasteiger partial charge < -0.3 is 10.5 Å². The summed E-state index contributed by atoms with van der Waals surface area (Å²) in [5, 5.41) is 0.648. The van der Waals surface area contributed by atoms with Gasteiger partial charge in [0.2, 0.25) is 0 Å². The third kappa shape index (κ3) is 3.72. The number of hydrogen-bond acceptors (Lipinski definition) is 3. The van der Waals surface area contributed by atoms with E-state index in [9.17, 15) is 0 Å². The largest absolute Gasteiger partial charge is 0.377 e. The van der Waals surface area contributed by atoms with Crippen LogP contribution in [0.5, 0.6) is 0 Å². The maximum absolute atomic E-state index is 5.87. The molecule has 13 heavy (non-hydrogen) atoms. The van der Waals surface area contributed by atoms with Crippen molar-refractivity contribution in [3.8, 4) is 0 Å². The van der Waals surface area contributed by atoms with Gasteiger partial charge in [-0.3, -0.25) is 4.98 Å². The van der Waals surface area contributed by atoms with Gasteiger partial charge in [-0.05, 0) is 24.6 Å². The lowest BCUT2D eigenvalue weighted by atomic mass is 10.3. The molecule has 0 unspecified atom stereocenters. The van der Waals surface area contributed by atoms with Crippen molar-refractivity contribution in [1.29, 1.82) is 0 Å². The van der Waals surface area contributed by atoms with Gasteiger partial charge in [0, 0.05) is 19.0 Å². The Labute approximate surface area is 82.9 Å². The van der Waals surface area contributed by atoms with E-state index in [1.807, 2.05) is 6.07 Å². The number of ether oxygens (including phenoxy) is 1. The number of rotatable bonds is 5. The maximum Gasteiger partial charge on any atom is 0.0732 e. The first-order valence-corrected chi connectivity index (χ1v) is 4.58. The fourth-order valence-corrected chi connectivity index (χ4v) is 1.06. The molecule has 0 spiro atoms. The second kappa shape index (κ2) is 5.91. The van der Waals surface area contributed by atoms with Gasteiger partial charge in [-0.25, -0.2) is 0 Å². The van der Waals surface area contributed by atoms with E-state index in [0.717, 1.165) is 12.0 Å². The molecule has 0 aliphatic rings. The van der Waals surface area contributed by atoms with Crippen LogP contribution >= 0.6 is 11.6 Å². The summed E-state index contributed by atoms with van der Waals surface area (Å²) in [5.74, 6) is 0. The fourth-order valence-electron chi connectivity index (χ4n) is 0.889. The molecule has 4 heteroatoms. The minimum absolute atomic E-state index is 0.529. The van der Waals surface area contributed by atoms with Crippen molar-refractivity contribution in [2.24, 2.45) is 5.73 Å². The van der Waals surface area contributed by atoms with Gasteiger partial charge >= 0.3 is 0 Å². The molecular weight excluding hydrogens is 188 g/mol. The summed E-state index contributed by atoms with van der Waals surface area (Å²) in [4.78, 5) is 3.88. The van der Waals surface area contributed by atoms with E-state index in [1.54, 1.807) is 12.4 Å². The van der Waals surface area contributed by atoms with Gasteiger partial charge in [0.1, 0.15) is 0 Å². The van der Waals surface area contributed by atoms with Crippen LogP contribution in [0.4, 0.5) is 0 Å². The summed E-state index contributed by atoms with van der Waals surface area (Å²) >= 11 is 5.87. The second-order valence-electron chi connectivity index (χ2n) is 2.66. The van der Waals surface area contributed by atoms with Crippen molar-refractivity contribution >= 4 is 11.6 Å². The number of pyridine rings is 1. The predicted octanol–water partition coefficient (Wildman–Crippen LogP) is 1.60. The molecular formula is C9H13ClN2O. The van der Waals surface area contributed by atoms with Crippen LogP contribution in [-0.2, 0) is 11.3 Å². The highest BCUT2D eigenvalue weighted by Gasteiger charge is 1.98. The number of nitrogens with two attached hydrogens (primary N) is 1. The second-order valence-corrected chi connectivity index (χ2v) is 3.07. The van der Waals surface area contributed by atoms with E-state index in [2.05, 4.69) is 4.98 Å². The highest BCUT2D eigenvalue weighted by molar-refractivity contribution is 6.31. The minimum Gasteiger partial charge on any atom is -0.377 e. The molecule has 0 aliphatic heterocycles. The molecule has 0 saturated carbocycles. The van der Waals surface area contributed by atoms with Crippen LogP contribution in [0.1, 0.15) is 12.0 Å². The van der Waals surface area contributed by atoms with Crippen molar-refractivity contribution in [3.63, 3.8) is 0 Å². The summed E-state index contributed by atoms with van der Waals surface area (Å²) in [6.45, 7) is 1.86. The zero-order valence-electron chi connectivity index (χ0n) is 7.37. The minimum atomic E-state index is 0.529. The van der Waals surface area contributed by atoms with E-state index >= 15 is 0 Å². The summed E-state index contributed by atoms with van der Waals surface area (Å²) in [7, 11) is 0. The summed E-state index contributed by atoms with van der Waals surface area (Å²) in [6.07, 6.45) is 4.19. The first kappa shape index (κ1) is 10.4. The highest BCUT2D eigenvalue weighted by Crippen LogP contribution is 2.13. The average Bonchev–Trinajstić information content (AvgIpc) is 2.15. The number of nitrogens with zero attached hydrogens (tertiary/aromatic N) is 1. The van der Waals surface area contributed by atoms with Gasteiger partial charge in [0.25, 0.3) is 0 Å². The van der Waals surface area contributed by atoms with Gasteiger partial charge in [0.05, 0.1) is 11.6 Å². The van der Waals surface area contributed by atoms with Crippen LogP contribution in [0, 0.1) is 0 Å². The summed E-state index contributed by atoms with van der Waals surface area (Å²) in [6, 6.07) is 1.85. The Kier molecular flexibility index (Phi) is 4.75. The molecule has 72 valence electrons. The molecule has 0 fully saturated rings. The lowest BCUT2D eigenvalue weighted by Gasteiger charge is -2.04. The normalized spacial score (nSPS) is 10.3. The number of hydrogen-bond donors (Lipinski definition) is 1. The van der Waals surface area contributed by atoms with E-state index in [4.69, 9.17) is 22.1 Å². The molecule has 0 saturated heterocycles. The predicted molar refractivity (Wildman–Crippen MR) is 52.6 cm³/mol. The molecule has 0 atom stereocenters.